The van der Waals surface area contributed by atoms with Gasteiger partial charge in [-0.3, -0.25) is 14.4 Å². The summed E-state index contributed by atoms with van der Waals surface area (Å²) in [5.74, 6) is -2.80. The highest BCUT2D eigenvalue weighted by molar-refractivity contribution is 6.01. The quantitative estimate of drug-likeness (QED) is 0.612. The molecule has 4 rings (SSSR count). The zero-order valence-electron chi connectivity index (χ0n) is 19.2. The van der Waals surface area contributed by atoms with Crippen molar-refractivity contribution in [3.05, 3.63) is 41.3 Å². The SMILES string of the molecule is Cn1cc(-c2ccc3c(c2)CN(C(CCC(=O)O)C(N)=O)C3=O)nc1[C@H]1CC[C@H](C(F)(F)F)CC1. The topological polar surface area (TPSA) is 119 Å². The number of aromatic nitrogens is 2. The van der Waals surface area contributed by atoms with E-state index in [1.54, 1.807) is 18.2 Å². The summed E-state index contributed by atoms with van der Waals surface area (Å²) in [4.78, 5) is 41.7. The van der Waals surface area contributed by atoms with E-state index in [-0.39, 0.29) is 44.1 Å². The summed E-state index contributed by atoms with van der Waals surface area (Å²) in [5, 5.41) is 8.94. The number of carbonyl (C=O) groups excluding carboxylic acids is 2. The highest BCUT2D eigenvalue weighted by Gasteiger charge is 2.42. The van der Waals surface area contributed by atoms with Crippen LogP contribution in [0.25, 0.3) is 11.3 Å². The first-order valence-corrected chi connectivity index (χ1v) is 11.5. The molecule has 0 spiro atoms. The number of fused-ring (bicyclic) bond motifs is 1. The van der Waals surface area contributed by atoms with Gasteiger partial charge in [-0.05, 0) is 49.8 Å². The van der Waals surface area contributed by atoms with Gasteiger partial charge < -0.3 is 20.3 Å². The molecule has 2 aliphatic rings. The van der Waals surface area contributed by atoms with Gasteiger partial charge in [-0.15, -0.1) is 0 Å². The predicted octanol–water partition coefficient (Wildman–Crippen LogP) is 3.60. The zero-order valence-corrected chi connectivity index (χ0v) is 19.2. The van der Waals surface area contributed by atoms with Crippen LogP contribution in [0.1, 0.15) is 66.2 Å². The molecule has 2 aromatic rings. The lowest BCUT2D eigenvalue weighted by Crippen LogP contribution is -2.45. The number of alkyl halides is 3. The Hall–Kier alpha value is -3.37. The van der Waals surface area contributed by atoms with Crippen LogP contribution in [0.15, 0.2) is 24.4 Å². The van der Waals surface area contributed by atoms with Crippen molar-refractivity contribution >= 4 is 17.8 Å². The van der Waals surface area contributed by atoms with Crippen LogP contribution in [0.5, 0.6) is 0 Å². The fraction of sp³-hybridized carbons (Fsp3) is 0.500. The first kappa shape index (κ1) is 24.7. The summed E-state index contributed by atoms with van der Waals surface area (Å²) >= 11 is 0. The third-order valence-corrected chi connectivity index (χ3v) is 7.04. The molecule has 0 saturated heterocycles. The number of carboxylic acids is 1. The largest absolute Gasteiger partial charge is 0.481 e. The standard InChI is InChI=1S/C24H27F3N4O4/c1-30-12-18(29-22(30)13-2-5-16(6-3-13)24(25,26)27)14-4-7-17-15(10-14)11-31(23(17)35)19(21(28)34)8-9-20(32)33/h4,7,10,12-13,16,19H,2-3,5-6,8-9,11H2,1H3,(H2,28,34)(H,32,33)/t13-,16-,19?. The molecule has 11 heteroatoms. The van der Waals surface area contributed by atoms with Crippen molar-refractivity contribution in [1.82, 2.24) is 14.5 Å². The van der Waals surface area contributed by atoms with Crippen molar-refractivity contribution in [3.8, 4) is 11.3 Å². The molecule has 8 nitrogen and oxygen atoms in total. The molecule has 3 N–H and O–H groups in total. The molecule has 1 unspecified atom stereocenters. The van der Waals surface area contributed by atoms with Crippen molar-refractivity contribution in [1.29, 1.82) is 0 Å². The minimum absolute atomic E-state index is 0.0515. The van der Waals surface area contributed by atoms with Gasteiger partial charge in [0.15, 0.2) is 0 Å². The molecule has 2 amide bonds. The van der Waals surface area contributed by atoms with Gasteiger partial charge in [0.1, 0.15) is 11.9 Å². The Morgan fingerprint density at radius 3 is 2.51 bits per heavy atom. The van der Waals surface area contributed by atoms with Gasteiger partial charge in [0.2, 0.25) is 5.91 Å². The lowest BCUT2D eigenvalue weighted by atomic mass is 9.81. The second kappa shape index (κ2) is 9.35. The molecule has 0 bridgehead atoms. The number of hydrogen-bond acceptors (Lipinski definition) is 4. The third kappa shape index (κ3) is 5.03. The number of amides is 2. The summed E-state index contributed by atoms with van der Waals surface area (Å²) in [5.41, 5.74) is 7.92. The number of rotatable bonds is 7. The van der Waals surface area contributed by atoms with E-state index in [2.05, 4.69) is 0 Å². The van der Waals surface area contributed by atoms with Gasteiger partial charge in [-0.1, -0.05) is 6.07 Å². The van der Waals surface area contributed by atoms with Gasteiger partial charge in [0, 0.05) is 43.3 Å². The Morgan fingerprint density at radius 1 is 1.23 bits per heavy atom. The highest BCUT2D eigenvalue weighted by atomic mass is 19.4. The number of aryl methyl sites for hydroxylation is 1. The fourth-order valence-electron chi connectivity index (χ4n) is 5.14. The van der Waals surface area contributed by atoms with Crippen LogP contribution in [0.3, 0.4) is 0 Å². The van der Waals surface area contributed by atoms with Crippen molar-refractivity contribution in [2.45, 2.75) is 63.2 Å². The molecule has 1 atom stereocenters. The van der Waals surface area contributed by atoms with E-state index in [0.29, 0.717) is 29.7 Å². The number of hydrogen-bond donors (Lipinski definition) is 2. The summed E-state index contributed by atoms with van der Waals surface area (Å²) in [7, 11) is 1.82. The van der Waals surface area contributed by atoms with Crippen molar-refractivity contribution in [2.75, 3.05) is 0 Å². The zero-order chi connectivity index (χ0) is 25.5. The second-order valence-corrected chi connectivity index (χ2v) is 9.34. The molecular weight excluding hydrogens is 465 g/mol. The molecule has 1 aromatic carbocycles. The van der Waals surface area contributed by atoms with Crippen LogP contribution >= 0.6 is 0 Å². The smallest absolute Gasteiger partial charge is 0.391 e. The summed E-state index contributed by atoms with van der Waals surface area (Å²) in [6, 6.07) is 4.16. The van der Waals surface area contributed by atoms with Gasteiger partial charge in [0.05, 0.1) is 11.6 Å². The Bertz CT molecular complexity index is 1150. The number of imidazole rings is 1. The third-order valence-electron chi connectivity index (χ3n) is 7.04. The van der Waals surface area contributed by atoms with Crippen LogP contribution < -0.4 is 5.73 Å². The van der Waals surface area contributed by atoms with Crippen LogP contribution in [-0.2, 0) is 23.2 Å². The molecule has 1 aromatic heterocycles. The minimum Gasteiger partial charge on any atom is -0.481 e. The van der Waals surface area contributed by atoms with Crippen LogP contribution in [0.4, 0.5) is 13.2 Å². The van der Waals surface area contributed by atoms with E-state index >= 15 is 0 Å². The predicted molar refractivity (Wildman–Crippen MR) is 119 cm³/mol. The van der Waals surface area contributed by atoms with Crippen LogP contribution in [-0.4, -0.2) is 49.6 Å². The summed E-state index contributed by atoms with van der Waals surface area (Å²) in [6.45, 7) is 0.121. The van der Waals surface area contributed by atoms with Gasteiger partial charge >= 0.3 is 12.1 Å². The Labute approximate surface area is 199 Å². The normalized spacial score (nSPS) is 21.1. The van der Waals surface area contributed by atoms with E-state index in [9.17, 15) is 27.6 Å². The average Bonchev–Trinajstić information content (AvgIpc) is 3.33. The van der Waals surface area contributed by atoms with Crippen molar-refractivity contribution in [3.63, 3.8) is 0 Å². The van der Waals surface area contributed by atoms with Crippen LogP contribution in [0, 0.1) is 5.92 Å². The van der Waals surface area contributed by atoms with Gasteiger partial charge in [-0.25, -0.2) is 4.98 Å². The number of nitrogens with two attached hydrogens (primary N) is 1. The van der Waals surface area contributed by atoms with E-state index in [0.717, 1.165) is 11.4 Å². The molecule has 1 saturated carbocycles. The molecule has 35 heavy (non-hydrogen) atoms. The molecule has 1 fully saturated rings. The maximum atomic E-state index is 13.0. The Morgan fingerprint density at radius 2 is 1.91 bits per heavy atom. The Balaban J connectivity index is 1.52. The maximum absolute atomic E-state index is 13.0. The highest BCUT2D eigenvalue weighted by Crippen LogP contribution is 2.43. The molecule has 2 heterocycles. The van der Waals surface area contributed by atoms with Gasteiger partial charge in [-0.2, -0.15) is 13.2 Å². The maximum Gasteiger partial charge on any atom is 0.391 e. The van der Waals surface area contributed by atoms with E-state index < -0.39 is 30.0 Å². The first-order chi connectivity index (χ1) is 16.5. The summed E-state index contributed by atoms with van der Waals surface area (Å²) in [6.07, 6.45) is -1.67. The number of halogens is 3. The molecule has 1 aliphatic carbocycles. The number of benzene rings is 1. The fourth-order valence-corrected chi connectivity index (χ4v) is 5.14. The lowest BCUT2D eigenvalue weighted by molar-refractivity contribution is -0.182. The Kier molecular flexibility index (Phi) is 6.61. The average molecular weight is 492 g/mol. The summed E-state index contributed by atoms with van der Waals surface area (Å²) < 4.78 is 40.9. The van der Waals surface area contributed by atoms with E-state index in [1.807, 2.05) is 17.8 Å². The lowest BCUT2D eigenvalue weighted by Gasteiger charge is -2.29. The number of aliphatic carboxylic acids is 1. The molecule has 1 aliphatic heterocycles. The monoisotopic (exact) mass is 492 g/mol. The van der Waals surface area contributed by atoms with Crippen molar-refractivity contribution in [2.24, 2.45) is 18.7 Å². The number of carbonyl (C=O) groups is 3. The number of primary amides is 1. The van der Waals surface area contributed by atoms with E-state index in [4.69, 9.17) is 15.8 Å². The first-order valence-electron chi connectivity index (χ1n) is 11.5. The van der Waals surface area contributed by atoms with Crippen LogP contribution in [0.2, 0.25) is 0 Å². The molecule has 188 valence electrons. The van der Waals surface area contributed by atoms with E-state index in [1.165, 1.54) is 4.90 Å². The number of nitrogens with zero attached hydrogens (tertiary/aromatic N) is 3. The minimum atomic E-state index is -4.16. The van der Waals surface area contributed by atoms with Crippen molar-refractivity contribution < 1.29 is 32.7 Å². The number of carboxylic acid groups (broad SMARTS) is 1. The second-order valence-electron chi connectivity index (χ2n) is 9.34. The van der Waals surface area contributed by atoms with Gasteiger partial charge in [0.25, 0.3) is 5.91 Å². The molecule has 0 radical (unpaired) electrons. The molecular formula is C24H27F3N4O4.